The summed E-state index contributed by atoms with van der Waals surface area (Å²) in [6.45, 7) is 2.16. The number of hydrogen-bond acceptors (Lipinski definition) is 7. The van der Waals surface area contributed by atoms with E-state index in [1.165, 1.54) is 6.42 Å². The molecule has 20 heavy (non-hydrogen) atoms. The second-order valence-corrected chi connectivity index (χ2v) is 4.69. The summed E-state index contributed by atoms with van der Waals surface area (Å²) in [4.78, 5) is 14.6. The molecule has 2 N–H and O–H groups in total. The van der Waals surface area contributed by atoms with Crippen molar-refractivity contribution in [3.63, 3.8) is 0 Å². The van der Waals surface area contributed by atoms with Gasteiger partial charge in [-0.05, 0) is 31.4 Å². The first kappa shape index (κ1) is 12.7. The molecule has 0 bridgehead atoms. The maximum Gasteiger partial charge on any atom is 0.323 e. The molecule has 7 heteroatoms. The van der Waals surface area contributed by atoms with Crippen molar-refractivity contribution < 1.29 is 9.15 Å². The molecule has 106 valence electrons. The van der Waals surface area contributed by atoms with Gasteiger partial charge < -0.3 is 19.8 Å². The predicted molar refractivity (Wildman–Crippen MR) is 73.3 cm³/mol. The van der Waals surface area contributed by atoms with Crippen LogP contribution in [0.1, 0.15) is 25.0 Å². The molecule has 1 aliphatic rings. The van der Waals surface area contributed by atoms with Crippen molar-refractivity contribution >= 4 is 11.9 Å². The van der Waals surface area contributed by atoms with Gasteiger partial charge in [-0.25, -0.2) is 0 Å². The van der Waals surface area contributed by atoms with Crippen LogP contribution in [0.4, 0.5) is 11.9 Å². The minimum atomic E-state index is 0.176. The van der Waals surface area contributed by atoms with Crippen molar-refractivity contribution in [2.45, 2.75) is 25.9 Å². The van der Waals surface area contributed by atoms with Crippen molar-refractivity contribution in [1.29, 1.82) is 0 Å². The van der Waals surface area contributed by atoms with Crippen molar-refractivity contribution in [1.82, 2.24) is 15.0 Å². The lowest BCUT2D eigenvalue weighted by Gasteiger charge is -2.26. The van der Waals surface area contributed by atoms with Crippen LogP contribution in [0.15, 0.2) is 22.8 Å². The highest BCUT2D eigenvalue weighted by atomic mass is 16.5. The van der Waals surface area contributed by atoms with E-state index in [-0.39, 0.29) is 18.6 Å². The summed E-state index contributed by atoms with van der Waals surface area (Å²) in [7, 11) is 0. The van der Waals surface area contributed by atoms with E-state index >= 15 is 0 Å². The van der Waals surface area contributed by atoms with Crippen LogP contribution < -0.4 is 15.4 Å². The Morgan fingerprint density at radius 2 is 2.05 bits per heavy atom. The zero-order chi connectivity index (χ0) is 13.8. The summed E-state index contributed by atoms with van der Waals surface area (Å²) >= 11 is 0. The lowest BCUT2D eigenvalue weighted by atomic mass is 10.1. The summed E-state index contributed by atoms with van der Waals surface area (Å²) in [5.41, 5.74) is 5.72. The Hall–Kier alpha value is -2.31. The van der Waals surface area contributed by atoms with Gasteiger partial charge in [0.15, 0.2) is 0 Å². The summed E-state index contributed by atoms with van der Waals surface area (Å²) in [6.07, 6.45) is 5.14. The van der Waals surface area contributed by atoms with Gasteiger partial charge in [-0.3, -0.25) is 0 Å². The molecule has 0 saturated carbocycles. The van der Waals surface area contributed by atoms with Crippen LogP contribution in [0, 0.1) is 0 Å². The van der Waals surface area contributed by atoms with E-state index in [4.69, 9.17) is 14.9 Å². The van der Waals surface area contributed by atoms with E-state index in [2.05, 4.69) is 19.9 Å². The zero-order valence-electron chi connectivity index (χ0n) is 11.2. The molecule has 0 spiro atoms. The van der Waals surface area contributed by atoms with Gasteiger partial charge in [0.05, 0.1) is 6.26 Å². The normalized spacial score (nSPS) is 15.3. The van der Waals surface area contributed by atoms with Crippen LogP contribution in [-0.2, 0) is 6.61 Å². The average Bonchev–Trinajstić information content (AvgIpc) is 2.99. The Morgan fingerprint density at radius 3 is 2.80 bits per heavy atom. The monoisotopic (exact) mass is 275 g/mol. The van der Waals surface area contributed by atoms with Gasteiger partial charge in [0.2, 0.25) is 11.9 Å². The van der Waals surface area contributed by atoms with Crippen LogP contribution in [0.5, 0.6) is 6.01 Å². The predicted octanol–water partition coefficient (Wildman–Crippen LogP) is 1.62. The van der Waals surface area contributed by atoms with E-state index in [1.807, 2.05) is 6.07 Å². The highest BCUT2D eigenvalue weighted by Gasteiger charge is 2.16. The van der Waals surface area contributed by atoms with E-state index in [0.717, 1.165) is 25.9 Å². The lowest BCUT2D eigenvalue weighted by molar-refractivity contribution is 0.249. The third kappa shape index (κ3) is 2.98. The van der Waals surface area contributed by atoms with Crippen molar-refractivity contribution in [3.8, 4) is 6.01 Å². The molecule has 7 nitrogen and oxygen atoms in total. The minimum absolute atomic E-state index is 0.176. The molecule has 0 atom stereocenters. The molecule has 1 aliphatic heterocycles. The third-order valence-corrected chi connectivity index (χ3v) is 3.18. The minimum Gasteiger partial charge on any atom is -0.466 e. The summed E-state index contributed by atoms with van der Waals surface area (Å²) in [5, 5.41) is 0. The number of piperidine rings is 1. The Morgan fingerprint density at radius 1 is 1.20 bits per heavy atom. The van der Waals surface area contributed by atoms with Gasteiger partial charge in [-0.15, -0.1) is 0 Å². The first-order valence-electron chi connectivity index (χ1n) is 6.73. The fraction of sp³-hybridized carbons (Fsp3) is 0.462. The van der Waals surface area contributed by atoms with E-state index in [9.17, 15) is 0 Å². The smallest absolute Gasteiger partial charge is 0.323 e. The average molecular weight is 275 g/mol. The van der Waals surface area contributed by atoms with Gasteiger partial charge >= 0.3 is 6.01 Å². The molecule has 2 aromatic rings. The highest BCUT2D eigenvalue weighted by molar-refractivity contribution is 5.36. The quantitative estimate of drug-likeness (QED) is 0.906. The summed E-state index contributed by atoms with van der Waals surface area (Å²) in [6, 6.07) is 3.87. The van der Waals surface area contributed by atoms with Crippen molar-refractivity contribution in [2.75, 3.05) is 23.7 Å². The van der Waals surface area contributed by atoms with Gasteiger partial charge in [0.25, 0.3) is 0 Å². The van der Waals surface area contributed by atoms with E-state index in [0.29, 0.717) is 11.7 Å². The molecule has 0 aromatic carbocycles. The van der Waals surface area contributed by atoms with Crippen LogP contribution in [0.2, 0.25) is 0 Å². The van der Waals surface area contributed by atoms with Gasteiger partial charge in [-0.1, -0.05) is 0 Å². The number of ether oxygens (including phenoxy) is 1. The molecule has 0 unspecified atom stereocenters. The van der Waals surface area contributed by atoms with Crippen LogP contribution in [0.3, 0.4) is 0 Å². The van der Waals surface area contributed by atoms with Gasteiger partial charge in [0, 0.05) is 13.1 Å². The molecule has 2 aromatic heterocycles. The van der Waals surface area contributed by atoms with Crippen LogP contribution in [0.25, 0.3) is 0 Å². The molecule has 0 aliphatic carbocycles. The molecular formula is C13H17N5O2. The molecule has 3 heterocycles. The number of nitrogen functional groups attached to an aromatic ring is 1. The fourth-order valence-electron chi connectivity index (χ4n) is 2.19. The third-order valence-electron chi connectivity index (χ3n) is 3.18. The number of hydrogen-bond donors (Lipinski definition) is 1. The summed E-state index contributed by atoms with van der Waals surface area (Å²) < 4.78 is 10.7. The molecule has 0 amide bonds. The number of rotatable bonds is 4. The van der Waals surface area contributed by atoms with Crippen LogP contribution in [-0.4, -0.2) is 28.0 Å². The maximum absolute atomic E-state index is 5.72. The number of anilines is 2. The second-order valence-electron chi connectivity index (χ2n) is 4.69. The molecule has 1 fully saturated rings. The van der Waals surface area contributed by atoms with E-state index < -0.39 is 0 Å². The lowest BCUT2D eigenvalue weighted by Crippen LogP contribution is -2.31. The zero-order valence-corrected chi connectivity index (χ0v) is 11.2. The maximum atomic E-state index is 5.72. The Bertz CT molecular complexity index is 552. The number of aromatic nitrogens is 3. The Labute approximate surface area is 116 Å². The van der Waals surface area contributed by atoms with E-state index in [1.54, 1.807) is 12.3 Å². The largest absolute Gasteiger partial charge is 0.466 e. The number of nitrogens with zero attached hydrogens (tertiary/aromatic N) is 4. The molecular weight excluding hydrogens is 258 g/mol. The molecule has 3 rings (SSSR count). The molecule has 1 saturated heterocycles. The van der Waals surface area contributed by atoms with Crippen molar-refractivity contribution in [3.05, 3.63) is 24.2 Å². The number of furan rings is 1. The van der Waals surface area contributed by atoms with Gasteiger partial charge in [-0.2, -0.15) is 15.0 Å². The Balaban J connectivity index is 1.72. The first-order valence-corrected chi connectivity index (χ1v) is 6.73. The topological polar surface area (TPSA) is 90.3 Å². The van der Waals surface area contributed by atoms with Crippen molar-refractivity contribution in [2.24, 2.45) is 0 Å². The van der Waals surface area contributed by atoms with Crippen LogP contribution >= 0.6 is 0 Å². The standard InChI is InChI=1S/C13H17N5O2/c14-11-15-12(18-6-2-1-3-7-18)17-13(16-11)20-9-10-5-4-8-19-10/h4-5,8H,1-3,6-7,9H2,(H2,14,15,16,17). The molecule has 0 radical (unpaired) electrons. The van der Waals surface area contributed by atoms with Gasteiger partial charge in [0.1, 0.15) is 12.4 Å². The SMILES string of the molecule is Nc1nc(OCc2ccco2)nc(N2CCCCC2)n1. The number of nitrogens with two attached hydrogens (primary N) is 1. The second kappa shape index (κ2) is 5.77. The first-order chi connectivity index (χ1) is 9.81. The Kier molecular flexibility index (Phi) is 3.67. The fourth-order valence-corrected chi connectivity index (χ4v) is 2.19. The summed E-state index contributed by atoms with van der Waals surface area (Å²) in [5.74, 6) is 1.48. The highest BCUT2D eigenvalue weighted by Crippen LogP contribution is 2.18.